The van der Waals surface area contributed by atoms with Crippen LogP contribution in [-0.2, 0) is 6.54 Å². The molecule has 0 aliphatic carbocycles. The van der Waals surface area contributed by atoms with Gasteiger partial charge >= 0.3 is 0 Å². The number of fused-ring (bicyclic) bond motifs is 2. The van der Waals surface area contributed by atoms with Crippen LogP contribution in [-0.4, -0.2) is 15.5 Å². The molecule has 0 spiro atoms. The maximum Gasteiger partial charge on any atom is 0.272 e. The van der Waals surface area contributed by atoms with Crippen molar-refractivity contribution in [1.82, 2.24) is 9.55 Å². The zero-order chi connectivity index (χ0) is 21.4. The van der Waals surface area contributed by atoms with Crippen molar-refractivity contribution >= 4 is 33.4 Å². The van der Waals surface area contributed by atoms with E-state index in [9.17, 15) is 13.6 Å². The molecule has 5 aromatic rings. The van der Waals surface area contributed by atoms with Crippen molar-refractivity contribution in [2.75, 3.05) is 5.32 Å². The van der Waals surface area contributed by atoms with Gasteiger partial charge in [-0.15, -0.1) is 0 Å². The van der Waals surface area contributed by atoms with Crippen molar-refractivity contribution in [3.63, 3.8) is 0 Å². The highest BCUT2D eigenvalue weighted by atomic mass is 19.1. The van der Waals surface area contributed by atoms with Gasteiger partial charge in [0.2, 0.25) is 0 Å². The van der Waals surface area contributed by atoms with Crippen LogP contribution >= 0.6 is 0 Å². The van der Waals surface area contributed by atoms with Crippen LogP contribution in [0.15, 0.2) is 85.1 Å². The van der Waals surface area contributed by atoms with Crippen LogP contribution in [0.25, 0.3) is 21.8 Å². The molecule has 4 nitrogen and oxygen atoms in total. The van der Waals surface area contributed by atoms with Gasteiger partial charge < -0.3 is 9.88 Å². The molecule has 0 saturated carbocycles. The number of aromatic nitrogens is 2. The number of nitrogens with zero attached hydrogens (tertiary/aromatic N) is 2. The highest BCUT2D eigenvalue weighted by Crippen LogP contribution is 2.24. The lowest BCUT2D eigenvalue weighted by Crippen LogP contribution is -2.17. The van der Waals surface area contributed by atoms with Crippen LogP contribution in [0.1, 0.15) is 16.1 Å². The van der Waals surface area contributed by atoms with Crippen LogP contribution in [0.5, 0.6) is 0 Å². The SMILES string of the molecule is O=C(Nc1ccc2cccnc2c1)c1cc2cc(F)ccc2n1Cc1cccc(F)c1. The molecule has 0 aliphatic rings. The molecule has 2 aromatic heterocycles. The summed E-state index contributed by atoms with van der Waals surface area (Å²) < 4.78 is 29.2. The molecule has 31 heavy (non-hydrogen) atoms. The zero-order valence-corrected chi connectivity index (χ0v) is 16.3. The van der Waals surface area contributed by atoms with E-state index in [0.29, 0.717) is 27.8 Å². The third kappa shape index (κ3) is 3.75. The van der Waals surface area contributed by atoms with Gasteiger partial charge in [0.05, 0.1) is 5.52 Å². The van der Waals surface area contributed by atoms with E-state index >= 15 is 0 Å². The molecule has 0 aliphatic heterocycles. The van der Waals surface area contributed by atoms with E-state index < -0.39 is 0 Å². The number of nitrogens with one attached hydrogen (secondary N) is 1. The van der Waals surface area contributed by atoms with Crippen molar-refractivity contribution in [1.29, 1.82) is 0 Å². The Bertz CT molecular complexity index is 1440. The van der Waals surface area contributed by atoms with Gasteiger partial charge in [-0.3, -0.25) is 9.78 Å². The average Bonchev–Trinajstić information content (AvgIpc) is 3.11. The number of pyridine rings is 1. The average molecular weight is 413 g/mol. The van der Waals surface area contributed by atoms with E-state index in [1.165, 1.54) is 24.3 Å². The summed E-state index contributed by atoms with van der Waals surface area (Å²) in [4.78, 5) is 17.5. The number of carbonyl (C=O) groups is 1. The number of amides is 1. The Kier molecular flexibility index (Phi) is 4.67. The molecule has 0 bridgehead atoms. The minimum atomic E-state index is -0.386. The smallest absolute Gasteiger partial charge is 0.272 e. The summed E-state index contributed by atoms with van der Waals surface area (Å²) in [6, 6.07) is 21.5. The molecular weight excluding hydrogens is 396 g/mol. The summed E-state index contributed by atoms with van der Waals surface area (Å²) in [5, 5.41) is 4.46. The summed E-state index contributed by atoms with van der Waals surface area (Å²) in [6.07, 6.45) is 1.69. The van der Waals surface area contributed by atoms with E-state index in [1.807, 2.05) is 18.2 Å². The second-order valence-electron chi connectivity index (χ2n) is 7.31. The van der Waals surface area contributed by atoms with Gasteiger partial charge in [-0.05, 0) is 60.2 Å². The summed E-state index contributed by atoms with van der Waals surface area (Å²) in [6.45, 7) is 0.273. The normalized spacial score (nSPS) is 11.2. The summed E-state index contributed by atoms with van der Waals surface area (Å²) >= 11 is 0. The fraction of sp³-hybridized carbons (Fsp3) is 0.0400. The highest BCUT2D eigenvalue weighted by molar-refractivity contribution is 6.07. The molecule has 5 rings (SSSR count). The first kappa shape index (κ1) is 18.9. The van der Waals surface area contributed by atoms with Gasteiger partial charge in [0.1, 0.15) is 17.3 Å². The van der Waals surface area contributed by atoms with E-state index in [1.54, 1.807) is 47.2 Å². The molecule has 1 N–H and O–H groups in total. The van der Waals surface area contributed by atoms with E-state index in [-0.39, 0.29) is 24.1 Å². The lowest BCUT2D eigenvalue weighted by Gasteiger charge is -2.12. The first-order valence-electron chi connectivity index (χ1n) is 9.76. The quantitative estimate of drug-likeness (QED) is 0.407. The molecule has 0 saturated heterocycles. The standard InChI is InChI=1S/C25H17F2N3O/c26-19-5-1-3-16(11-19)15-30-23-9-7-20(27)12-18(23)13-24(30)25(31)29-21-8-6-17-4-2-10-28-22(17)14-21/h1-14H,15H2,(H,29,31). The summed E-state index contributed by atoms with van der Waals surface area (Å²) in [5.41, 5.74) is 3.11. The highest BCUT2D eigenvalue weighted by Gasteiger charge is 2.17. The molecule has 0 fully saturated rings. The minimum absolute atomic E-state index is 0.273. The van der Waals surface area contributed by atoms with E-state index in [2.05, 4.69) is 10.3 Å². The Labute approximate surface area is 176 Å². The lowest BCUT2D eigenvalue weighted by atomic mass is 10.2. The van der Waals surface area contributed by atoms with Gasteiger partial charge in [0.25, 0.3) is 5.91 Å². The Morgan fingerprint density at radius 3 is 2.61 bits per heavy atom. The number of benzene rings is 3. The lowest BCUT2D eigenvalue weighted by molar-refractivity contribution is 0.101. The van der Waals surface area contributed by atoms with Crippen molar-refractivity contribution < 1.29 is 13.6 Å². The number of rotatable bonds is 4. The topological polar surface area (TPSA) is 46.9 Å². The van der Waals surface area contributed by atoms with Crippen LogP contribution in [0.2, 0.25) is 0 Å². The molecule has 0 atom stereocenters. The van der Waals surface area contributed by atoms with Crippen LogP contribution in [0.3, 0.4) is 0 Å². The third-order valence-electron chi connectivity index (χ3n) is 5.19. The minimum Gasteiger partial charge on any atom is -0.332 e. The molecule has 6 heteroatoms. The van der Waals surface area contributed by atoms with Gasteiger partial charge in [0.15, 0.2) is 0 Å². The largest absolute Gasteiger partial charge is 0.332 e. The summed E-state index contributed by atoms with van der Waals surface area (Å²) in [7, 11) is 0. The van der Waals surface area contributed by atoms with Crippen LogP contribution in [0.4, 0.5) is 14.5 Å². The summed E-state index contributed by atoms with van der Waals surface area (Å²) in [5.74, 6) is -1.08. The molecule has 2 heterocycles. The number of halogens is 2. The van der Waals surface area contributed by atoms with Crippen LogP contribution < -0.4 is 5.32 Å². The van der Waals surface area contributed by atoms with Crippen molar-refractivity contribution in [2.24, 2.45) is 0 Å². The number of carbonyl (C=O) groups excluding carboxylic acids is 1. The zero-order valence-electron chi connectivity index (χ0n) is 16.3. The molecular formula is C25H17F2N3O. The van der Waals surface area contributed by atoms with Gasteiger partial charge in [-0.2, -0.15) is 0 Å². The third-order valence-corrected chi connectivity index (χ3v) is 5.19. The second kappa shape index (κ2) is 7.65. The maximum atomic E-state index is 13.8. The first-order valence-corrected chi connectivity index (χ1v) is 9.76. The second-order valence-corrected chi connectivity index (χ2v) is 7.31. The van der Waals surface area contributed by atoms with E-state index in [0.717, 1.165) is 10.9 Å². The van der Waals surface area contributed by atoms with Gasteiger partial charge in [0, 0.05) is 34.7 Å². The number of hydrogen-bond donors (Lipinski definition) is 1. The molecule has 1 amide bonds. The predicted octanol–water partition coefficient (Wildman–Crippen LogP) is 5.77. The fourth-order valence-corrected chi connectivity index (χ4v) is 3.76. The Morgan fingerprint density at radius 2 is 1.74 bits per heavy atom. The number of hydrogen-bond acceptors (Lipinski definition) is 2. The molecule has 152 valence electrons. The Hall–Kier alpha value is -4.06. The van der Waals surface area contributed by atoms with Gasteiger partial charge in [-0.25, -0.2) is 8.78 Å². The molecule has 0 radical (unpaired) electrons. The number of anilines is 1. The van der Waals surface area contributed by atoms with Crippen molar-refractivity contribution in [2.45, 2.75) is 6.54 Å². The Morgan fingerprint density at radius 1 is 0.871 bits per heavy atom. The molecule has 3 aromatic carbocycles. The van der Waals surface area contributed by atoms with Crippen molar-refractivity contribution in [3.8, 4) is 0 Å². The van der Waals surface area contributed by atoms with Crippen molar-refractivity contribution in [3.05, 3.63) is 108 Å². The van der Waals surface area contributed by atoms with Gasteiger partial charge in [-0.1, -0.05) is 24.3 Å². The van der Waals surface area contributed by atoms with Crippen LogP contribution in [0, 0.1) is 11.6 Å². The molecule has 0 unspecified atom stereocenters. The predicted molar refractivity (Wildman–Crippen MR) is 117 cm³/mol. The monoisotopic (exact) mass is 413 g/mol. The fourth-order valence-electron chi connectivity index (χ4n) is 3.76. The Balaban J connectivity index is 1.54. The van der Waals surface area contributed by atoms with E-state index in [4.69, 9.17) is 0 Å². The first-order chi connectivity index (χ1) is 15.1. The maximum absolute atomic E-state index is 13.8.